The molecule has 0 radical (unpaired) electrons. The molecule has 0 spiro atoms. The standard InChI is InChI=1S/C14H18N6O2/c1-9(11-8-19(3)18-10(11)2)16-13-15-5-4-12(17-13)20-6-7-22-14(20)21/h4-5,8-9H,6-7H2,1-3H3,(H,15,16,17). The first kappa shape index (κ1) is 14.3. The maximum absolute atomic E-state index is 11.6. The first-order valence-electron chi connectivity index (χ1n) is 7.08. The second-order valence-corrected chi connectivity index (χ2v) is 5.21. The Labute approximate surface area is 128 Å². The first-order chi connectivity index (χ1) is 10.5. The molecule has 0 aliphatic carbocycles. The van der Waals surface area contributed by atoms with Crippen LogP contribution in [0.2, 0.25) is 0 Å². The number of aromatic nitrogens is 4. The lowest BCUT2D eigenvalue weighted by Gasteiger charge is -2.15. The summed E-state index contributed by atoms with van der Waals surface area (Å²) in [5.41, 5.74) is 2.04. The van der Waals surface area contributed by atoms with Crippen molar-refractivity contribution in [1.29, 1.82) is 0 Å². The molecular weight excluding hydrogens is 284 g/mol. The molecule has 1 unspecified atom stereocenters. The van der Waals surface area contributed by atoms with Gasteiger partial charge in [0.05, 0.1) is 18.3 Å². The Bertz CT molecular complexity index is 698. The van der Waals surface area contributed by atoms with Gasteiger partial charge in [0.1, 0.15) is 12.4 Å². The van der Waals surface area contributed by atoms with Crippen LogP contribution in [0.25, 0.3) is 0 Å². The van der Waals surface area contributed by atoms with Gasteiger partial charge in [-0.2, -0.15) is 10.1 Å². The van der Waals surface area contributed by atoms with Crippen LogP contribution in [-0.2, 0) is 11.8 Å². The van der Waals surface area contributed by atoms with E-state index in [9.17, 15) is 4.79 Å². The number of rotatable bonds is 4. The Morgan fingerprint density at radius 1 is 1.45 bits per heavy atom. The monoisotopic (exact) mass is 302 g/mol. The minimum absolute atomic E-state index is 0.00878. The number of hydrogen-bond acceptors (Lipinski definition) is 6. The van der Waals surface area contributed by atoms with Crippen LogP contribution in [0.5, 0.6) is 0 Å². The Hall–Kier alpha value is -2.64. The molecule has 8 heteroatoms. The van der Waals surface area contributed by atoms with Crippen LogP contribution in [0, 0.1) is 6.92 Å². The number of hydrogen-bond donors (Lipinski definition) is 1. The maximum atomic E-state index is 11.6. The van der Waals surface area contributed by atoms with Gasteiger partial charge in [0.2, 0.25) is 5.95 Å². The van der Waals surface area contributed by atoms with Crippen molar-refractivity contribution in [2.24, 2.45) is 7.05 Å². The fraction of sp³-hybridized carbons (Fsp3) is 0.429. The van der Waals surface area contributed by atoms with E-state index in [-0.39, 0.29) is 12.1 Å². The topological polar surface area (TPSA) is 85.2 Å². The molecule has 8 nitrogen and oxygen atoms in total. The number of aryl methyl sites for hydroxylation is 2. The van der Waals surface area contributed by atoms with Crippen LogP contribution in [0.1, 0.15) is 24.2 Å². The third-order valence-corrected chi connectivity index (χ3v) is 3.54. The first-order valence-corrected chi connectivity index (χ1v) is 7.08. The van der Waals surface area contributed by atoms with E-state index in [1.807, 2.05) is 27.1 Å². The molecule has 2 aromatic rings. The zero-order valence-corrected chi connectivity index (χ0v) is 12.8. The number of ether oxygens (including phenoxy) is 1. The third-order valence-electron chi connectivity index (χ3n) is 3.54. The molecule has 116 valence electrons. The highest BCUT2D eigenvalue weighted by molar-refractivity contribution is 5.88. The normalized spacial score (nSPS) is 15.8. The minimum Gasteiger partial charge on any atom is -0.447 e. The van der Waals surface area contributed by atoms with Crippen molar-refractivity contribution in [2.45, 2.75) is 19.9 Å². The van der Waals surface area contributed by atoms with Gasteiger partial charge in [-0.05, 0) is 19.9 Å². The molecule has 3 rings (SSSR count). The van der Waals surface area contributed by atoms with Gasteiger partial charge in [-0.25, -0.2) is 9.78 Å². The van der Waals surface area contributed by atoms with E-state index in [4.69, 9.17) is 4.74 Å². The number of anilines is 2. The van der Waals surface area contributed by atoms with Gasteiger partial charge in [-0.1, -0.05) is 0 Å². The van der Waals surface area contributed by atoms with Crippen molar-refractivity contribution in [3.05, 3.63) is 29.7 Å². The second kappa shape index (κ2) is 5.63. The number of carbonyl (C=O) groups is 1. The third kappa shape index (κ3) is 2.72. The lowest BCUT2D eigenvalue weighted by molar-refractivity contribution is 0.181. The molecule has 0 saturated carbocycles. The van der Waals surface area contributed by atoms with Gasteiger partial charge in [0, 0.05) is 25.0 Å². The summed E-state index contributed by atoms with van der Waals surface area (Å²) in [5, 5.41) is 7.57. The van der Waals surface area contributed by atoms with Crippen molar-refractivity contribution in [1.82, 2.24) is 19.7 Å². The van der Waals surface area contributed by atoms with E-state index in [0.29, 0.717) is 24.9 Å². The summed E-state index contributed by atoms with van der Waals surface area (Å²) in [4.78, 5) is 21.7. The summed E-state index contributed by atoms with van der Waals surface area (Å²) in [6.45, 7) is 4.87. The van der Waals surface area contributed by atoms with Crippen LogP contribution in [-0.4, -0.2) is 39.0 Å². The van der Waals surface area contributed by atoms with Crippen molar-refractivity contribution in [2.75, 3.05) is 23.4 Å². The molecule has 22 heavy (non-hydrogen) atoms. The second-order valence-electron chi connectivity index (χ2n) is 5.21. The summed E-state index contributed by atoms with van der Waals surface area (Å²) < 4.78 is 6.70. The summed E-state index contributed by atoms with van der Waals surface area (Å²) in [6.07, 6.45) is 3.22. The number of cyclic esters (lactones) is 1. The van der Waals surface area contributed by atoms with Gasteiger partial charge in [-0.3, -0.25) is 9.58 Å². The van der Waals surface area contributed by atoms with Crippen LogP contribution >= 0.6 is 0 Å². The minimum atomic E-state index is -0.374. The molecule has 1 fully saturated rings. The molecule has 1 saturated heterocycles. The molecule has 0 aromatic carbocycles. The van der Waals surface area contributed by atoms with Crippen molar-refractivity contribution < 1.29 is 9.53 Å². The average Bonchev–Trinajstić information content (AvgIpc) is 3.04. The predicted molar refractivity (Wildman–Crippen MR) is 80.7 cm³/mol. The molecule has 1 atom stereocenters. The Balaban J connectivity index is 1.78. The molecule has 1 aliphatic heterocycles. The van der Waals surface area contributed by atoms with E-state index in [1.165, 1.54) is 4.90 Å². The molecule has 1 aliphatic rings. The zero-order chi connectivity index (χ0) is 15.7. The summed E-state index contributed by atoms with van der Waals surface area (Å²) in [6, 6.07) is 1.70. The molecule has 1 N–H and O–H groups in total. The number of carbonyl (C=O) groups excluding carboxylic acids is 1. The van der Waals surface area contributed by atoms with Crippen molar-refractivity contribution in [3.8, 4) is 0 Å². The Kier molecular flexibility index (Phi) is 3.66. The van der Waals surface area contributed by atoms with Crippen LogP contribution in [0.3, 0.4) is 0 Å². The highest BCUT2D eigenvalue weighted by atomic mass is 16.6. The lowest BCUT2D eigenvalue weighted by Crippen LogP contribution is -2.25. The molecule has 1 amide bonds. The van der Waals surface area contributed by atoms with Crippen molar-refractivity contribution in [3.63, 3.8) is 0 Å². The maximum Gasteiger partial charge on any atom is 0.415 e. The summed E-state index contributed by atoms with van der Waals surface area (Å²) in [7, 11) is 1.89. The number of nitrogens with zero attached hydrogens (tertiary/aromatic N) is 5. The summed E-state index contributed by atoms with van der Waals surface area (Å²) in [5.74, 6) is 1.00. The number of nitrogens with one attached hydrogen (secondary N) is 1. The van der Waals surface area contributed by atoms with E-state index in [1.54, 1.807) is 16.9 Å². The SMILES string of the molecule is Cc1nn(C)cc1C(C)Nc1nccc(N2CCOC2=O)n1. The zero-order valence-electron chi connectivity index (χ0n) is 12.8. The Morgan fingerprint density at radius 2 is 2.27 bits per heavy atom. The highest BCUT2D eigenvalue weighted by Gasteiger charge is 2.25. The van der Waals surface area contributed by atoms with Crippen molar-refractivity contribution >= 4 is 17.9 Å². The number of amides is 1. The van der Waals surface area contributed by atoms with Crippen LogP contribution in [0.15, 0.2) is 18.5 Å². The highest BCUT2D eigenvalue weighted by Crippen LogP contribution is 2.21. The summed E-state index contributed by atoms with van der Waals surface area (Å²) >= 11 is 0. The molecule has 3 heterocycles. The van der Waals surface area contributed by atoms with E-state index in [0.717, 1.165) is 11.3 Å². The fourth-order valence-electron chi connectivity index (χ4n) is 2.49. The smallest absolute Gasteiger partial charge is 0.415 e. The van der Waals surface area contributed by atoms with E-state index in [2.05, 4.69) is 20.4 Å². The fourth-order valence-corrected chi connectivity index (χ4v) is 2.49. The molecular formula is C14H18N6O2. The molecule has 2 aromatic heterocycles. The molecule has 0 bridgehead atoms. The lowest BCUT2D eigenvalue weighted by atomic mass is 10.1. The van der Waals surface area contributed by atoms with Gasteiger partial charge >= 0.3 is 6.09 Å². The van der Waals surface area contributed by atoms with Gasteiger partial charge in [-0.15, -0.1) is 0 Å². The quantitative estimate of drug-likeness (QED) is 0.924. The van der Waals surface area contributed by atoms with Gasteiger partial charge in [0.15, 0.2) is 0 Å². The van der Waals surface area contributed by atoms with Crippen LogP contribution in [0.4, 0.5) is 16.6 Å². The van der Waals surface area contributed by atoms with E-state index < -0.39 is 0 Å². The Morgan fingerprint density at radius 3 is 2.91 bits per heavy atom. The van der Waals surface area contributed by atoms with E-state index >= 15 is 0 Å². The van der Waals surface area contributed by atoms with Gasteiger partial charge in [0.25, 0.3) is 0 Å². The van der Waals surface area contributed by atoms with Crippen LogP contribution < -0.4 is 10.2 Å². The average molecular weight is 302 g/mol. The largest absolute Gasteiger partial charge is 0.447 e. The van der Waals surface area contributed by atoms with Gasteiger partial charge < -0.3 is 10.1 Å². The predicted octanol–water partition coefficient (Wildman–Crippen LogP) is 1.65.